The molecule has 1 N–H and O–H groups in total. The molecule has 41 heavy (non-hydrogen) atoms. The molecule has 2 fully saturated rings. The number of anilines is 1. The summed E-state index contributed by atoms with van der Waals surface area (Å²) in [4.78, 5) is 26.2. The summed E-state index contributed by atoms with van der Waals surface area (Å²) < 4.78 is 70.8. The third-order valence-electron chi connectivity index (χ3n) is 7.95. The highest BCUT2D eigenvalue weighted by Crippen LogP contribution is 2.37. The van der Waals surface area contributed by atoms with Gasteiger partial charge in [0.2, 0.25) is 15.9 Å². The quantitative estimate of drug-likeness (QED) is 0.461. The Kier molecular flexibility index (Phi) is 7.86. The molecule has 2 aliphatic rings. The lowest BCUT2D eigenvalue weighted by molar-refractivity contribution is -0.141. The molecule has 0 saturated carbocycles. The minimum Gasteiger partial charge on any atom is -0.338 e. The van der Waals surface area contributed by atoms with E-state index in [2.05, 4.69) is 17.3 Å². The van der Waals surface area contributed by atoms with Gasteiger partial charge in [0.25, 0.3) is 5.91 Å². The Hall–Kier alpha value is -3.45. The molecule has 0 atom stereocenters. The number of pyridine rings is 1. The third kappa shape index (κ3) is 5.96. The summed E-state index contributed by atoms with van der Waals surface area (Å²) in [7, 11) is -3.76. The highest BCUT2D eigenvalue weighted by Gasteiger charge is 2.42. The van der Waals surface area contributed by atoms with Crippen LogP contribution in [0.3, 0.4) is 0 Å². The van der Waals surface area contributed by atoms with E-state index in [0.717, 1.165) is 22.9 Å². The van der Waals surface area contributed by atoms with Gasteiger partial charge in [0.1, 0.15) is 0 Å². The summed E-state index contributed by atoms with van der Waals surface area (Å²) in [6, 6.07) is 9.23. The summed E-state index contributed by atoms with van der Waals surface area (Å²) in [5, 5.41) is 6.34. The van der Waals surface area contributed by atoms with E-state index in [4.69, 9.17) is 0 Å². The monoisotopic (exact) mass is 591 g/mol. The highest BCUT2D eigenvalue weighted by atomic mass is 32.2. The van der Waals surface area contributed by atoms with E-state index in [0.29, 0.717) is 37.5 Å². The molecule has 2 saturated heterocycles. The second-order valence-corrected chi connectivity index (χ2v) is 12.8. The Morgan fingerprint density at radius 3 is 2.20 bits per heavy atom. The molecule has 2 amide bonds. The fourth-order valence-corrected chi connectivity index (χ4v) is 7.06. The van der Waals surface area contributed by atoms with Gasteiger partial charge in [-0.25, -0.2) is 12.9 Å². The lowest BCUT2D eigenvalue weighted by Crippen LogP contribution is -2.38. The first kappa shape index (κ1) is 29.1. The Balaban J connectivity index is 1.36. The summed E-state index contributed by atoms with van der Waals surface area (Å²) in [5.74, 6) is -0.614. The topological polar surface area (TPSA) is 104 Å². The molecule has 2 aliphatic heterocycles. The largest absolute Gasteiger partial charge is 0.436 e. The number of likely N-dealkylation sites (tertiary alicyclic amines) is 1. The van der Waals surface area contributed by atoms with Crippen molar-refractivity contribution < 1.29 is 31.2 Å². The summed E-state index contributed by atoms with van der Waals surface area (Å²) in [6.07, 6.45) is -0.953. The molecule has 0 unspecified atom stereocenters. The van der Waals surface area contributed by atoms with Crippen LogP contribution in [0.25, 0.3) is 5.52 Å². The number of aromatic nitrogens is 2. The number of fused-ring (bicyclic) bond motifs is 1. The molecule has 1 aromatic carbocycles. The number of sulfonamides is 1. The Bertz CT molecular complexity index is 1550. The second kappa shape index (κ2) is 11.1. The van der Waals surface area contributed by atoms with Crippen LogP contribution in [0, 0.1) is 5.92 Å². The Morgan fingerprint density at radius 2 is 1.61 bits per heavy atom. The molecular weight excluding hydrogens is 559 g/mol. The average Bonchev–Trinajstić information content (AvgIpc) is 3.33. The lowest BCUT2D eigenvalue weighted by Gasteiger charge is -2.31. The van der Waals surface area contributed by atoms with Crippen molar-refractivity contribution in [3.8, 4) is 0 Å². The number of nitrogens with zero attached hydrogens (tertiary/aromatic N) is 4. The van der Waals surface area contributed by atoms with Gasteiger partial charge in [0.05, 0.1) is 16.0 Å². The minimum atomic E-state index is -4.79. The Morgan fingerprint density at radius 1 is 0.976 bits per heavy atom. The molecule has 13 heteroatoms. The van der Waals surface area contributed by atoms with Crippen LogP contribution < -0.4 is 5.32 Å². The number of benzene rings is 1. The van der Waals surface area contributed by atoms with Gasteiger partial charge in [-0.05, 0) is 79.5 Å². The molecule has 2 aromatic heterocycles. The first-order valence-corrected chi connectivity index (χ1v) is 15.0. The van der Waals surface area contributed by atoms with Gasteiger partial charge in [-0.15, -0.1) is 0 Å². The van der Waals surface area contributed by atoms with Gasteiger partial charge in [-0.3, -0.25) is 9.59 Å². The molecule has 9 nitrogen and oxygen atoms in total. The van der Waals surface area contributed by atoms with Crippen molar-refractivity contribution in [3.05, 3.63) is 59.4 Å². The van der Waals surface area contributed by atoms with E-state index in [1.165, 1.54) is 46.6 Å². The van der Waals surface area contributed by atoms with Crippen molar-refractivity contribution in [2.24, 2.45) is 5.92 Å². The summed E-state index contributed by atoms with van der Waals surface area (Å²) in [6.45, 7) is 4.69. The molecule has 0 aliphatic carbocycles. The molecule has 0 radical (unpaired) electrons. The maximum atomic E-state index is 14.0. The van der Waals surface area contributed by atoms with Crippen LogP contribution in [-0.2, 0) is 21.0 Å². The van der Waals surface area contributed by atoms with E-state index in [-0.39, 0.29) is 35.3 Å². The SMILES string of the molecule is CC(=O)Nc1ccc(S(=O)(=O)N2CCC(c3ccn4nc(C(F)(F)F)c(C(=O)N5CCC(C)CC5)c4c3)CC2)cc1. The van der Waals surface area contributed by atoms with Crippen molar-refractivity contribution in [1.29, 1.82) is 0 Å². The van der Waals surface area contributed by atoms with Crippen LogP contribution in [-0.4, -0.2) is 65.2 Å². The van der Waals surface area contributed by atoms with E-state index >= 15 is 0 Å². The number of carbonyl (C=O) groups excluding carboxylic acids is 2. The van der Waals surface area contributed by atoms with Crippen LogP contribution in [0.5, 0.6) is 0 Å². The van der Waals surface area contributed by atoms with Gasteiger partial charge in [-0.1, -0.05) is 6.92 Å². The van der Waals surface area contributed by atoms with E-state index in [1.54, 1.807) is 12.1 Å². The smallest absolute Gasteiger partial charge is 0.338 e. The number of piperidine rings is 2. The third-order valence-corrected chi connectivity index (χ3v) is 9.86. The van der Waals surface area contributed by atoms with Crippen LogP contribution in [0.2, 0.25) is 0 Å². The number of nitrogens with one attached hydrogen (secondary N) is 1. The number of rotatable bonds is 5. The van der Waals surface area contributed by atoms with Gasteiger partial charge < -0.3 is 10.2 Å². The fraction of sp³-hybridized carbons (Fsp3) is 0.464. The van der Waals surface area contributed by atoms with Gasteiger partial charge in [0, 0.05) is 45.0 Å². The lowest BCUT2D eigenvalue weighted by atomic mass is 9.90. The van der Waals surface area contributed by atoms with Crippen molar-refractivity contribution >= 4 is 33.0 Å². The van der Waals surface area contributed by atoms with Crippen LogP contribution in [0.4, 0.5) is 18.9 Å². The summed E-state index contributed by atoms with van der Waals surface area (Å²) in [5.41, 5.74) is -0.288. The van der Waals surface area contributed by atoms with Crippen molar-refractivity contribution in [2.75, 3.05) is 31.5 Å². The predicted molar refractivity (Wildman–Crippen MR) is 146 cm³/mol. The molecule has 4 heterocycles. The Labute approximate surface area is 236 Å². The maximum Gasteiger partial charge on any atom is 0.436 e. The second-order valence-electron chi connectivity index (χ2n) is 10.9. The number of carbonyl (C=O) groups is 2. The number of halogens is 3. The molecule has 3 aromatic rings. The summed E-state index contributed by atoms with van der Waals surface area (Å²) >= 11 is 0. The van der Waals surface area contributed by atoms with Gasteiger partial charge in [0.15, 0.2) is 5.69 Å². The first-order valence-electron chi connectivity index (χ1n) is 13.6. The van der Waals surface area contributed by atoms with Crippen molar-refractivity contribution in [2.45, 2.75) is 56.5 Å². The van der Waals surface area contributed by atoms with E-state index < -0.39 is 33.4 Å². The fourth-order valence-electron chi connectivity index (χ4n) is 5.59. The number of amides is 2. The van der Waals surface area contributed by atoms with Gasteiger partial charge >= 0.3 is 6.18 Å². The number of hydrogen-bond donors (Lipinski definition) is 1. The zero-order chi connectivity index (χ0) is 29.5. The highest BCUT2D eigenvalue weighted by molar-refractivity contribution is 7.89. The molecule has 0 spiro atoms. The first-order chi connectivity index (χ1) is 19.3. The van der Waals surface area contributed by atoms with E-state index in [9.17, 15) is 31.2 Å². The van der Waals surface area contributed by atoms with Crippen LogP contribution in [0.1, 0.15) is 67.1 Å². The molecule has 5 rings (SSSR count). The molecular formula is C28H32F3N5O4S. The van der Waals surface area contributed by atoms with E-state index in [1.807, 2.05) is 0 Å². The van der Waals surface area contributed by atoms with Crippen molar-refractivity contribution in [3.63, 3.8) is 0 Å². The predicted octanol–water partition coefficient (Wildman–Crippen LogP) is 4.75. The number of alkyl halides is 3. The van der Waals surface area contributed by atoms with Crippen molar-refractivity contribution in [1.82, 2.24) is 18.8 Å². The number of hydrogen-bond acceptors (Lipinski definition) is 5. The van der Waals surface area contributed by atoms with Gasteiger partial charge in [-0.2, -0.15) is 22.6 Å². The zero-order valence-corrected chi connectivity index (χ0v) is 23.6. The minimum absolute atomic E-state index is 0.100. The molecule has 220 valence electrons. The average molecular weight is 592 g/mol. The zero-order valence-electron chi connectivity index (χ0n) is 22.8. The van der Waals surface area contributed by atoms with Crippen LogP contribution >= 0.6 is 0 Å². The molecule has 0 bridgehead atoms. The van der Waals surface area contributed by atoms with Crippen LogP contribution in [0.15, 0.2) is 47.5 Å². The normalized spacial score (nSPS) is 18.1. The standard InChI is InChI=1S/C28H32F3N5O4S/c1-18-7-12-34(13-8-18)27(38)25-24-17-21(11-16-36(24)33-26(25)28(29,30)31)20-9-14-35(15-10-20)41(39,40)23-5-3-22(4-6-23)32-19(2)37/h3-6,11,16-18,20H,7-10,12-15H2,1-2H3,(H,32,37). The maximum absolute atomic E-state index is 14.0.